The van der Waals surface area contributed by atoms with Crippen LogP contribution in [0.25, 0.3) is 6.08 Å². The number of esters is 1. The Hall–Kier alpha value is -2.89. The van der Waals surface area contributed by atoms with Gasteiger partial charge in [0.25, 0.3) is 0 Å². The molecule has 0 radical (unpaired) electrons. The number of hydrogen-bond acceptors (Lipinski definition) is 4. The summed E-state index contributed by atoms with van der Waals surface area (Å²) in [7, 11) is 0. The number of hydrogen-bond donors (Lipinski definition) is 2. The first-order valence-electron chi connectivity index (χ1n) is 8.58. The smallest absolute Gasteiger partial charge is 0.302 e. The van der Waals surface area contributed by atoms with Gasteiger partial charge in [0.1, 0.15) is 6.61 Å². The Morgan fingerprint density at radius 2 is 1.65 bits per heavy atom. The highest BCUT2D eigenvalue weighted by atomic mass is 16.5. The van der Waals surface area contributed by atoms with E-state index in [9.17, 15) is 14.4 Å². The minimum Gasteiger partial charge on any atom is -0.462 e. The molecule has 0 aromatic heterocycles. The predicted octanol–water partition coefficient (Wildman–Crippen LogP) is 2.22. The van der Waals surface area contributed by atoms with E-state index < -0.39 is 0 Å². The fraction of sp³-hybridized carbons (Fsp3) is 0.350. The van der Waals surface area contributed by atoms with Gasteiger partial charge in [-0.15, -0.1) is 0 Å². The van der Waals surface area contributed by atoms with E-state index >= 15 is 0 Å². The second-order valence-electron chi connectivity index (χ2n) is 5.69. The number of carbonyl (C=O) groups is 3. The van der Waals surface area contributed by atoms with Crippen molar-refractivity contribution in [3.8, 4) is 0 Å². The molecule has 2 N–H and O–H groups in total. The average Bonchev–Trinajstić information content (AvgIpc) is 2.63. The molecule has 1 aromatic rings. The Kier molecular flexibility index (Phi) is 10.1. The van der Waals surface area contributed by atoms with Crippen LogP contribution in [0.1, 0.15) is 32.3 Å². The van der Waals surface area contributed by atoms with E-state index in [-0.39, 0.29) is 24.4 Å². The van der Waals surface area contributed by atoms with Gasteiger partial charge in [-0.1, -0.05) is 30.3 Å². The van der Waals surface area contributed by atoms with Gasteiger partial charge < -0.3 is 15.4 Å². The second kappa shape index (κ2) is 12.5. The lowest BCUT2D eigenvalue weighted by molar-refractivity contribution is -0.139. The van der Waals surface area contributed by atoms with Crippen molar-refractivity contribution in [1.82, 2.24) is 10.6 Å². The minimum absolute atomic E-state index is 0.0944. The number of unbranched alkanes of at least 4 members (excludes halogenated alkanes) is 1. The first-order chi connectivity index (χ1) is 12.5. The molecule has 0 heterocycles. The lowest BCUT2D eigenvalue weighted by Gasteiger charge is -2.06. The Morgan fingerprint density at radius 3 is 2.31 bits per heavy atom. The summed E-state index contributed by atoms with van der Waals surface area (Å²) in [4.78, 5) is 34.1. The summed E-state index contributed by atoms with van der Waals surface area (Å²) >= 11 is 0. The first-order valence-corrected chi connectivity index (χ1v) is 8.58. The molecule has 0 atom stereocenters. The fourth-order valence-corrected chi connectivity index (χ4v) is 1.97. The third-order valence-corrected chi connectivity index (χ3v) is 3.45. The summed E-state index contributed by atoms with van der Waals surface area (Å²) in [5.41, 5.74) is 1.48. The Labute approximate surface area is 154 Å². The van der Waals surface area contributed by atoms with Crippen molar-refractivity contribution < 1.29 is 19.1 Å². The van der Waals surface area contributed by atoms with Gasteiger partial charge in [-0.3, -0.25) is 14.4 Å². The highest BCUT2D eigenvalue weighted by molar-refractivity contribution is 5.92. The van der Waals surface area contributed by atoms with Gasteiger partial charge in [0.2, 0.25) is 11.8 Å². The van der Waals surface area contributed by atoms with Crippen LogP contribution in [-0.2, 0) is 19.1 Å². The standard InChI is InChI=1S/C20H26N2O4/c1-16(12-15-26-17(2)23)20(25)22-14-7-6-13-21-19(24)11-10-18-8-4-3-5-9-18/h3-5,8-12H,6-7,13-15H2,1-2H3,(H,21,24)(H,22,25)/b11-10+,16-12+. The van der Waals surface area contributed by atoms with E-state index in [0.29, 0.717) is 18.7 Å². The van der Waals surface area contributed by atoms with Crippen LogP contribution < -0.4 is 10.6 Å². The van der Waals surface area contributed by atoms with E-state index in [1.54, 1.807) is 19.1 Å². The lowest BCUT2D eigenvalue weighted by Crippen LogP contribution is -2.27. The van der Waals surface area contributed by atoms with Crippen molar-refractivity contribution in [3.05, 3.63) is 53.6 Å². The largest absolute Gasteiger partial charge is 0.462 e. The summed E-state index contributed by atoms with van der Waals surface area (Å²) in [6, 6.07) is 9.61. The Morgan fingerprint density at radius 1 is 1.00 bits per heavy atom. The number of benzene rings is 1. The number of rotatable bonds is 10. The van der Waals surface area contributed by atoms with Crippen molar-refractivity contribution in [2.75, 3.05) is 19.7 Å². The van der Waals surface area contributed by atoms with E-state index in [2.05, 4.69) is 10.6 Å². The van der Waals surface area contributed by atoms with Crippen LogP contribution in [0, 0.1) is 0 Å². The second-order valence-corrected chi connectivity index (χ2v) is 5.69. The van der Waals surface area contributed by atoms with Gasteiger partial charge in [-0.25, -0.2) is 0 Å². The molecule has 0 aliphatic rings. The molecule has 1 rings (SSSR count). The van der Waals surface area contributed by atoms with E-state index in [4.69, 9.17) is 4.74 Å². The molecule has 0 saturated heterocycles. The molecule has 0 bridgehead atoms. The van der Waals surface area contributed by atoms with Crippen molar-refractivity contribution in [2.24, 2.45) is 0 Å². The first kappa shape index (κ1) is 21.2. The molecule has 1 aromatic carbocycles. The molecule has 0 fully saturated rings. The normalized spacial score (nSPS) is 11.2. The van der Waals surface area contributed by atoms with Gasteiger partial charge >= 0.3 is 5.97 Å². The van der Waals surface area contributed by atoms with Gasteiger partial charge in [0, 0.05) is 31.7 Å². The maximum absolute atomic E-state index is 11.8. The Balaban J connectivity index is 2.11. The van der Waals surface area contributed by atoms with Gasteiger partial charge in [-0.2, -0.15) is 0 Å². The van der Waals surface area contributed by atoms with E-state index in [1.807, 2.05) is 30.3 Å². The van der Waals surface area contributed by atoms with Crippen LogP contribution in [0.5, 0.6) is 0 Å². The number of carbonyl (C=O) groups excluding carboxylic acids is 3. The molecule has 140 valence electrons. The van der Waals surface area contributed by atoms with Crippen LogP contribution in [0.3, 0.4) is 0 Å². The monoisotopic (exact) mass is 358 g/mol. The summed E-state index contributed by atoms with van der Waals surface area (Å²) < 4.78 is 4.75. The van der Waals surface area contributed by atoms with E-state index in [1.165, 1.54) is 13.0 Å². The molecule has 0 spiro atoms. The molecule has 0 aliphatic heterocycles. The van der Waals surface area contributed by atoms with Gasteiger partial charge in [0.05, 0.1) is 0 Å². The molecule has 0 unspecified atom stereocenters. The van der Waals surface area contributed by atoms with Crippen molar-refractivity contribution in [2.45, 2.75) is 26.7 Å². The number of amides is 2. The molecule has 2 amide bonds. The molecular weight excluding hydrogens is 332 g/mol. The molecular formula is C20H26N2O4. The summed E-state index contributed by atoms with van der Waals surface area (Å²) in [6.45, 7) is 4.15. The number of nitrogens with one attached hydrogen (secondary N) is 2. The molecule has 0 saturated carbocycles. The maximum Gasteiger partial charge on any atom is 0.302 e. The SMILES string of the molecule is CC(=O)OC/C=C(\C)C(=O)NCCCCNC(=O)/C=C/c1ccccc1. The quantitative estimate of drug-likeness (QED) is 0.382. The van der Waals surface area contributed by atoms with Gasteiger partial charge in [0.15, 0.2) is 0 Å². The highest BCUT2D eigenvalue weighted by Gasteiger charge is 2.03. The third-order valence-electron chi connectivity index (χ3n) is 3.45. The average molecular weight is 358 g/mol. The molecule has 26 heavy (non-hydrogen) atoms. The topological polar surface area (TPSA) is 84.5 Å². The summed E-state index contributed by atoms with van der Waals surface area (Å²) in [6.07, 6.45) is 6.36. The van der Waals surface area contributed by atoms with Crippen molar-refractivity contribution in [1.29, 1.82) is 0 Å². The minimum atomic E-state index is -0.380. The number of ether oxygens (including phenoxy) is 1. The molecule has 0 aliphatic carbocycles. The molecule has 6 nitrogen and oxygen atoms in total. The van der Waals surface area contributed by atoms with Crippen LogP contribution in [0.4, 0.5) is 0 Å². The van der Waals surface area contributed by atoms with Crippen molar-refractivity contribution >= 4 is 23.9 Å². The zero-order valence-corrected chi connectivity index (χ0v) is 15.3. The van der Waals surface area contributed by atoms with Gasteiger partial charge in [-0.05, 0) is 37.5 Å². The summed E-state index contributed by atoms with van der Waals surface area (Å²) in [5.74, 6) is -0.704. The van der Waals surface area contributed by atoms with Crippen LogP contribution in [0.15, 0.2) is 48.1 Å². The van der Waals surface area contributed by atoms with Crippen molar-refractivity contribution in [3.63, 3.8) is 0 Å². The summed E-state index contributed by atoms with van der Waals surface area (Å²) in [5, 5.41) is 5.58. The highest BCUT2D eigenvalue weighted by Crippen LogP contribution is 2.00. The maximum atomic E-state index is 11.8. The zero-order valence-electron chi connectivity index (χ0n) is 15.3. The molecule has 6 heteroatoms. The fourth-order valence-electron chi connectivity index (χ4n) is 1.97. The van der Waals surface area contributed by atoms with Crippen LogP contribution in [-0.4, -0.2) is 37.5 Å². The Bertz CT molecular complexity index is 651. The van der Waals surface area contributed by atoms with E-state index in [0.717, 1.165) is 18.4 Å². The third kappa shape index (κ3) is 10.1. The predicted molar refractivity (Wildman–Crippen MR) is 101 cm³/mol. The zero-order chi connectivity index (χ0) is 19.2. The van der Waals surface area contributed by atoms with Crippen LogP contribution >= 0.6 is 0 Å². The lowest BCUT2D eigenvalue weighted by atomic mass is 10.2. The van der Waals surface area contributed by atoms with Crippen LogP contribution in [0.2, 0.25) is 0 Å².